The molecule has 0 atom stereocenters. The predicted molar refractivity (Wildman–Crippen MR) is 130 cm³/mol. The summed E-state index contributed by atoms with van der Waals surface area (Å²) in [4.78, 5) is 8.45. The number of benzene rings is 1. The molecule has 32 heavy (non-hydrogen) atoms. The van der Waals surface area contributed by atoms with Crippen LogP contribution in [0.3, 0.4) is 0 Å². The van der Waals surface area contributed by atoms with E-state index in [2.05, 4.69) is 29.2 Å². The molecule has 0 aliphatic heterocycles. The number of rotatable bonds is 7. The molecule has 0 saturated heterocycles. The second kappa shape index (κ2) is 7.91. The Labute approximate surface area is 191 Å². The van der Waals surface area contributed by atoms with Crippen molar-refractivity contribution in [2.24, 2.45) is 23.5 Å². The molecule has 4 saturated carbocycles. The van der Waals surface area contributed by atoms with E-state index >= 15 is 0 Å². The number of ether oxygens (including phenoxy) is 1. The molecular weight excluding hydrogens is 394 g/mol. The van der Waals surface area contributed by atoms with Gasteiger partial charge in [0.05, 0.1) is 18.5 Å². The van der Waals surface area contributed by atoms with Crippen LogP contribution >= 0.6 is 0 Å². The second-order valence-electron chi connectivity index (χ2n) is 10.7. The number of nitrogens with one attached hydrogen (secondary N) is 1. The van der Waals surface area contributed by atoms with E-state index in [0.717, 1.165) is 54.9 Å². The van der Waals surface area contributed by atoms with Gasteiger partial charge < -0.3 is 15.5 Å². The highest BCUT2D eigenvalue weighted by Gasteiger charge is 2.51. The normalized spacial score (nSPS) is 28.5. The molecule has 4 aliphatic rings. The fraction of sp³-hybridized carbons (Fsp3) is 0.536. The lowest BCUT2D eigenvalue weighted by molar-refractivity contribution is -0.00513. The molecule has 2 aromatic heterocycles. The largest absolute Gasteiger partial charge is 0.481 e. The van der Waals surface area contributed by atoms with Gasteiger partial charge in [0.1, 0.15) is 0 Å². The summed E-state index contributed by atoms with van der Waals surface area (Å²) < 4.78 is 5.40. The molecule has 168 valence electrons. The SMILES string of the molecule is COc1cccc(-c2[nH]c3ccc(C45CC6CC(CC(C6)C4)C5)cc3c2CCCCN)n1. The fourth-order valence-electron chi connectivity index (χ4n) is 7.63. The summed E-state index contributed by atoms with van der Waals surface area (Å²) in [6.07, 6.45) is 11.8. The van der Waals surface area contributed by atoms with Crippen LogP contribution < -0.4 is 10.5 Å². The van der Waals surface area contributed by atoms with E-state index < -0.39 is 0 Å². The van der Waals surface area contributed by atoms with Crippen LogP contribution in [0.1, 0.15) is 62.5 Å². The number of aromatic amines is 1. The molecule has 3 aromatic rings. The molecule has 4 nitrogen and oxygen atoms in total. The number of aryl methyl sites for hydroxylation is 1. The molecule has 0 amide bonds. The topological polar surface area (TPSA) is 63.9 Å². The summed E-state index contributed by atoms with van der Waals surface area (Å²) in [5.41, 5.74) is 12.5. The third-order valence-electron chi connectivity index (χ3n) is 8.63. The Morgan fingerprint density at radius 2 is 1.78 bits per heavy atom. The molecule has 0 unspecified atom stereocenters. The van der Waals surface area contributed by atoms with Gasteiger partial charge in [0, 0.05) is 17.0 Å². The summed E-state index contributed by atoms with van der Waals surface area (Å²) in [7, 11) is 1.68. The number of pyridine rings is 1. The number of hydrogen-bond acceptors (Lipinski definition) is 3. The first-order chi connectivity index (χ1) is 15.7. The van der Waals surface area contributed by atoms with Gasteiger partial charge in [0.25, 0.3) is 0 Å². The summed E-state index contributed by atoms with van der Waals surface area (Å²) in [5.74, 6) is 3.54. The van der Waals surface area contributed by atoms with Crippen molar-refractivity contribution in [1.82, 2.24) is 9.97 Å². The highest BCUT2D eigenvalue weighted by atomic mass is 16.5. The first-order valence-electron chi connectivity index (χ1n) is 12.5. The Balaban J connectivity index is 1.45. The lowest BCUT2D eigenvalue weighted by atomic mass is 9.48. The summed E-state index contributed by atoms with van der Waals surface area (Å²) in [6, 6.07) is 13.3. The molecule has 0 spiro atoms. The van der Waals surface area contributed by atoms with Gasteiger partial charge in [0.15, 0.2) is 0 Å². The van der Waals surface area contributed by atoms with Crippen molar-refractivity contribution in [3.63, 3.8) is 0 Å². The lowest BCUT2D eigenvalue weighted by Gasteiger charge is -2.57. The average Bonchev–Trinajstić information content (AvgIpc) is 3.16. The van der Waals surface area contributed by atoms with Crippen molar-refractivity contribution in [2.45, 2.75) is 63.2 Å². The van der Waals surface area contributed by atoms with Gasteiger partial charge in [-0.1, -0.05) is 12.1 Å². The number of aromatic nitrogens is 2. The average molecular weight is 430 g/mol. The minimum atomic E-state index is 0.420. The van der Waals surface area contributed by atoms with Crippen molar-refractivity contribution >= 4 is 10.9 Å². The van der Waals surface area contributed by atoms with Gasteiger partial charge in [-0.15, -0.1) is 0 Å². The van der Waals surface area contributed by atoms with Crippen molar-refractivity contribution < 1.29 is 4.74 Å². The lowest BCUT2D eigenvalue weighted by Crippen LogP contribution is -2.48. The first-order valence-corrected chi connectivity index (χ1v) is 12.5. The van der Waals surface area contributed by atoms with Crippen LogP contribution in [0, 0.1) is 17.8 Å². The standard InChI is InChI=1S/C28H35N3O/c1-32-26-7-4-6-25(30-26)27-22(5-2-3-10-29)23-14-21(8-9-24(23)31-27)28-15-18-11-19(16-28)13-20(12-18)17-28/h4,6-9,14,18-20,31H,2-3,5,10-13,15-17,29H2,1H3. The van der Waals surface area contributed by atoms with E-state index in [1.807, 2.05) is 12.1 Å². The van der Waals surface area contributed by atoms with E-state index in [9.17, 15) is 0 Å². The first kappa shape index (κ1) is 20.3. The molecule has 0 radical (unpaired) electrons. The predicted octanol–water partition coefficient (Wildman–Crippen LogP) is 5.99. The van der Waals surface area contributed by atoms with E-state index in [1.54, 1.807) is 12.7 Å². The van der Waals surface area contributed by atoms with E-state index in [1.165, 1.54) is 55.0 Å². The molecule has 3 N–H and O–H groups in total. The van der Waals surface area contributed by atoms with Crippen LogP contribution in [0.4, 0.5) is 0 Å². The van der Waals surface area contributed by atoms with E-state index in [0.29, 0.717) is 11.3 Å². The number of fused-ring (bicyclic) bond motifs is 1. The fourth-order valence-corrected chi connectivity index (χ4v) is 7.63. The number of hydrogen-bond donors (Lipinski definition) is 2. The third-order valence-corrected chi connectivity index (χ3v) is 8.63. The number of unbranched alkanes of at least 4 members (excludes halogenated alkanes) is 1. The quantitative estimate of drug-likeness (QED) is 0.454. The zero-order valence-corrected chi connectivity index (χ0v) is 19.2. The van der Waals surface area contributed by atoms with Gasteiger partial charge in [-0.3, -0.25) is 0 Å². The Morgan fingerprint density at radius 1 is 1.03 bits per heavy atom. The van der Waals surface area contributed by atoms with Crippen LogP contribution in [0.2, 0.25) is 0 Å². The maximum atomic E-state index is 5.82. The minimum absolute atomic E-state index is 0.420. The van der Waals surface area contributed by atoms with Crippen LogP contribution in [-0.2, 0) is 11.8 Å². The van der Waals surface area contributed by atoms with Crippen molar-refractivity contribution in [3.8, 4) is 17.3 Å². The maximum Gasteiger partial charge on any atom is 0.213 e. The summed E-state index contributed by atoms with van der Waals surface area (Å²) in [6.45, 7) is 0.744. The van der Waals surface area contributed by atoms with E-state index in [4.69, 9.17) is 15.5 Å². The summed E-state index contributed by atoms with van der Waals surface area (Å²) in [5, 5.41) is 1.38. The van der Waals surface area contributed by atoms with Crippen LogP contribution in [0.5, 0.6) is 5.88 Å². The van der Waals surface area contributed by atoms with Gasteiger partial charge in [-0.2, -0.15) is 0 Å². The van der Waals surface area contributed by atoms with Gasteiger partial charge in [-0.05, 0) is 117 Å². The Kier molecular flexibility index (Phi) is 5.02. The Hall–Kier alpha value is -2.33. The number of H-pyrrole nitrogens is 1. The van der Waals surface area contributed by atoms with Crippen molar-refractivity contribution in [3.05, 3.63) is 47.5 Å². The van der Waals surface area contributed by atoms with Gasteiger partial charge >= 0.3 is 0 Å². The Morgan fingerprint density at radius 3 is 2.47 bits per heavy atom. The molecule has 4 bridgehead atoms. The van der Waals surface area contributed by atoms with Gasteiger partial charge in [-0.25, -0.2) is 4.98 Å². The highest BCUT2D eigenvalue weighted by molar-refractivity contribution is 5.91. The molecule has 4 heteroatoms. The number of nitrogens with zero attached hydrogens (tertiary/aromatic N) is 1. The number of nitrogens with two attached hydrogens (primary N) is 1. The van der Waals surface area contributed by atoms with Crippen LogP contribution in [-0.4, -0.2) is 23.6 Å². The molecule has 7 rings (SSSR count). The van der Waals surface area contributed by atoms with Crippen LogP contribution in [0.15, 0.2) is 36.4 Å². The second-order valence-corrected chi connectivity index (χ2v) is 10.7. The molecular formula is C28H35N3O. The minimum Gasteiger partial charge on any atom is -0.481 e. The zero-order chi connectivity index (χ0) is 21.7. The van der Waals surface area contributed by atoms with E-state index in [-0.39, 0.29) is 0 Å². The molecule has 4 fully saturated rings. The van der Waals surface area contributed by atoms with Gasteiger partial charge in [0.2, 0.25) is 5.88 Å². The van der Waals surface area contributed by atoms with Crippen molar-refractivity contribution in [2.75, 3.05) is 13.7 Å². The molecule has 2 heterocycles. The third kappa shape index (κ3) is 3.35. The van der Waals surface area contributed by atoms with Crippen LogP contribution in [0.25, 0.3) is 22.3 Å². The molecule has 1 aromatic carbocycles. The number of methoxy groups -OCH3 is 1. The smallest absolute Gasteiger partial charge is 0.213 e. The summed E-state index contributed by atoms with van der Waals surface area (Å²) >= 11 is 0. The van der Waals surface area contributed by atoms with Crippen molar-refractivity contribution in [1.29, 1.82) is 0 Å². The Bertz CT molecular complexity index is 1100. The zero-order valence-electron chi connectivity index (χ0n) is 19.2. The monoisotopic (exact) mass is 429 g/mol. The molecule has 4 aliphatic carbocycles. The highest BCUT2D eigenvalue weighted by Crippen LogP contribution is 2.61. The maximum absolute atomic E-state index is 5.82.